The number of amides is 1. The Morgan fingerprint density at radius 2 is 2.12 bits per heavy atom. The van der Waals surface area contributed by atoms with E-state index in [1.165, 1.54) is 28.8 Å². The molecule has 0 unspecified atom stereocenters. The highest BCUT2D eigenvalue weighted by atomic mass is 19.1. The van der Waals surface area contributed by atoms with Gasteiger partial charge in [0.1, 0.15) is 17.5 Å². The molecule has 4 rings (SSSR count). The Balaban J connectivity index is 1.87. The predicted molar refractivity (Wildman–Crippen MR) is 86.2 cm³/mol. The zero-order valence-electron chi connectivity index (χ0n) is 13.3. The van der Waals surface area contributed by atoms with Gasteiger partial charge >= 0.3 is 0 Å². The first-order valence-electron chi connectivity index (χ1n) is 7.68. The maximum Gasteiger partial charge on any atom is 0.271 e. The molecule has 1 amide bonds. The van der Waals surface area contributed by atoms with Crippen LogP contribution in [-0.2, 0) is 0 Å². The number of likely N-dealkylation sites (tertiary alicyclic amines) is 1. The maximum atomic E-state index is 14.1. The van der Waals surface area contributed by atoms with E-state index in [1.54, 1.807) is 24.4 Å². The Morgan fingerprint density at radius 3 is 2.80 bits per heavy atom. The van der Waals surface area contributed by atoms with E-state index in [4.69, 9.17) is 4.74 Å². The third-order valence-corrected chi connectivity index (χ3v) is 4.15. The van der Waals surface area contributed by atoms with E-state index in [1.807, 2.05) is 0 Å². The molecule has 4 heterocycles. The van der Waals surface area contributed by atoms with Gasteiger partial charge in [-0.25, -0.2) is 18.7 Å². The normalized spacial score (nSPS) is 14.6. The van der Waals surface area contributed by atoms with Crippen LogP contribution >= 0.6 is 0 Å². The van der Waals surface area contributed by atoms with Gasteiger partial charge in [0.05, 0.1) is 32.1 Å². The van der Waals surface area contributed by atoms with Crippen LogP contribution in [0.3, 0.4) is 0 Å². The summed E-state index contributed by atoms with van der Waals surface area (Å²) in [5.41, 5.74) is 1.12. The van der Waals surface area contributed by atoms with Crippen LogP contribution in [0.1, 0.15) is 10.5 Å². The summed E-state index contributed by atoms with van der Waals surface area (Å²) in [6, 6.07) is 6.44. The van der Waals surface area contributed by atoms with Crippen molar-refractivity contribution in [1.82, 2.24) is 19.4 Å². The lowest BCUT2D eigenvalue weighted by Gasteiger charge is -2.34. The topological polar surface area (TPSA) is 60.3 Å². The van der Waals surface area contributed by atoms with Gasteiger partial charge in [0, 0.05) is 17.6 Å². The second kappa shape index (κ2) is 5.80. The summed E-state index contributed by atoms with van der Waals surface area (Å²) < 4.78 is 33.6. The van der Waals surface area contributed by atoms with Crippen molar-refractivity contribution in [3.8, 4) is 11.6 Å². The standard InChI is InChI=1S/C17H14F2N4O2/c1-25-16-13(19)6-12(7-21-16)23-14(17(24)22-8-11(18)9-22)5-10-3-2-4-20-15(10)23/h2-7,11H,8-9H2,1H3. The highest BCUT2D eigenvalue weighted by Crippen LogP contribution is 2.27. The third kappa shape index (κ3) is 2.50. The molecular formula is C17H14F2N4O2. The van der Waals surface area contributed by atoms with Gasteiger partial charge in [-0.2, -0.15) is 0 Å². The molecule has 1 fully saturated rings. The summed E-state index contributed by atoms with van der Waals surface area (Å²) >= 11 is 0. The van der Waals surface area contributed by atoms with Crippen LogP contribution in [0.5, 0.6) is 5.88 Å². The smallest absolute Gasteiger partial charge is 0.271 e. The molecule has 0 spiro atoms. The lowest BCUT2D eigenvalue weighted by atomic mass is 10.1. The first kappa shape index (κ1) is 15.5. The molecule has 3 aromatic heterocycles. The van der Waals surface area contributed by atoms with E-state index >= 15 is 0 Å². The molecule has 6 nitrogen and oxygen atoms in total. The number of pyridine rings is 2. The summed E-state index contributed by atoms with van der Waals surface area (Å²) in [4.78, 5) is 22.3. The average molecular weight is 344 g/mol. The quantitative estimate of drug-likeness (QED) is 0.732. The Labute approximate surface area is 141 Å². The molecule has 0 radical (unpaired) electrons. The summed E-state index contributed by atoms with van der Waals surface area (Å²) in [6.45, 7) is 0.117. The van der Waals surface area contributed by atoms with Crippen molar-refractivity contribution in [2.75, 3.05) is 20.2 Å². The molecule has 1 aliphatic rings. The monoisotopic (exact) mass is 344 g/mol. The van der Waals surface area contributed by atoms with Crippen molar-refractivity contribution in [1.29, 1.82) is 0 Å². The van der Waals surface area contributed by atoms with Crippen molar-refractivity contribution in [2.24, 2.45) is 0 Å². The van der Waals surface area contributed by atoms with Crippen molar-refractivity contribution in [2.45, 2.75) is 6.17 Å². The van der Waals surface area contributed by atoms with Gasteiger partial charge in [-0.15, -0.1) is 0 Å². The van der Waals surface area contributed by atoms with Crippen LogP contribution in [0.15, 0.2) is 36.7 Å². The number of methoxy groups -OCH3 is 1. The number of hydrogen-bond donors (Lipinski definition) is 0. The number of alkyl halides is 1. The zero-order chi connectivity index (χ0) is 17.6. The molecule has 25 heavy (non-hydrogen) atoms. The highest BCUT2D eigenvalue weighted by molar-refractivity contribution is 5.99. The zero-order valence-corrected chi connectivity index (χ0v) is 13.3. The lowest BCUT2D eigenvalue weighted by molar-refractivity contribution is 0.0393. The molecule has 0 aliphatic carbocycles. The van der Waals surface area contributed by atoms with Gasteiger partial charge in [0.2, 0.25) is 5.88 Å². The van der Waals surface area contributed by atoms with Gasteiger partial charge in [-0.05, 0) is 18.2 Å². The number of nitrogens with zero attached hydrogens (tertiary/aromatic N) is 4. The van der Waals surface area contributed by atoms with Crippen LogP contribution in [0, 0.1) is 5.82 Å². The summed E-state index contributed by atoms with van der Waals surface area (Å²) in [7, 11) is 1.32. The van der Waals surface area contributed by atoms with E-state index in [9.17, 15) is 13.6 Å². The summed E-state index contributed by atoms with van der Waals surface area (Å²) in [5, 5.41) is 0.722. The fourth-order valence-corrected chi connectivity index (χ4v) is 2.89. The summed E-state index contributed by atoms with van der Waals surface area (Å²) in [5.74, 6) is -1.11. The van der Waals surface area contributed by atoms with Gasteiger partial charge < -0.3 is 9.64 Å². The minimum absolute atomic E-state index is 0.0585. The number of rotatable bonds is 3. The molecule has 0 atom stereocenters. The molecule has 0 bridgehead atoms. The number of fused-ring (bicyclic) bond motifs is 1. The van der Waals surface area contributed by atoms with Gasteiger partial charge in [0.25, 0.3) is 5.91 Å². The molecule has 8 heteroatoms. The third-order valence-electron chi connectivity index (χ3n) is 4.15. The van der Waals surface area contributed by atoms with Crippen molar-refractivity contribution >= 4 is 16.9 Å². The van der Waals surface area contributed by atoms with E-state index in [0.717, 1.165) is 5.39 Å². The van der Waals surface area contributed by atoms with Crippen LogP contribution < -0.4 is 4.74 Å². The second-order valence-corrected chi connectivity index (χ2v) is 5.77. The minimum Gasteiger partial charge on any atom is -0.479 e. The van der Waals surface area contributed by atoms with Gasteiger partial charge in [0.15, 0.2) is 5.82 Å². The van der Waals surface area contributed by atoms with Crippen LogP contribution in [0.2, 0.25) is 0 Å². The van der Waals surface area contributed by atoms with Crippen LogP contribution in [-0.4, -0.2) is 51.7 Å². The number of carbonyl (C=O) groups is 1. The summed E-state index contributed by atoms with van der Waals surface area (Å²) in [6.07, 6.45) is 1.99. The molecule has 0 saturated carbocycles. The van der Waals surface area contributed by atoms with Crippen molar-refractivity contribution in [3.63, 3.8) is 0 Å². The van der Waals surface area contributed by atoms with Crippen molar-refractivity contribution < 1.29 is 18.3 Å². The minimum atomic E-state index is -1.000. The van der Waals surface area contributed by atoms with Crippen molar-refractivity contribution in [3.05, 3.63) is 48.2 Å². The number of hydrogen-bond acceptors (Lipinski definition) is 4. The SMILES string of the molecule is COc1ncc(-n2c(C(=O)N3CC(F)C3)cc3cccnc32)cc1F. The van der Waals surface area contributed by atoms with E-state index in [-0.39, 0.29) is 30.6 Å². The van der Waals surface area contributed by atoms with E-state index in [0.29, 0.717) is 11.3 Å². The Kier molecular flexibility index (Phi) is 3.60. The molecule has 1 aliphatic heterocycles. The number of halogens is 2. The Hall–Kier alpha value is -3.03. The molecule has 128 valence electrons. The largest absolute Gasteiger partial charge is 0.479 e. The average Bonchev–Trinajstić information content (AvgIpc) is 2.98. The number of ether oxygens (including phenoxy) is 1. The van der Waals surface area contributed by atoms with Crippen LogP contribution in [0.4, 0.5) is 8.78 Å². The van der Waals surface area contributed by atoms with E-state index < -0.39 is 12.0 Å². The fourth-order valence-electron chi connectivity index (χ4n) is 2.89. The molecule has 1 saturated heterocycles. The second-order valence-electron chi connectivity index (χ2n) is 5.77. The molecule has 0 aromatic carbocycles. The van der Waals surface area contributed by atoms with Crippen LogP contribution in [0.25, 0.3) is 16.7 Å². The lowest BCUT2D eigenvalue weighted by Crippen LogP contribution is -2.51. The number of carbonyl (C=O) groups excluding carboxylic acids is 1. The first-order valence-corrected chi connectivity index (χ1v) is 7.68. The van der Waals surface area contributed by atoms with Gasteiger partial charge in [-0.1, -0.05) is 0 Å². The molecular weight excluding hydrogens is 330 g/mol. The highest BCUT2D eigenvalue weighted by Gasteiger charge is 2.33. The van der Waals surface area contributed by atoms with Gasteiger partial charge in [-0.3, -0.25) is 9.36 Å². The molecule has 3 aromatic rings. The fraction of sp³-hybridized carbons (Fsp3) is 0.235. The predicted octanol–water partition coefficient (Wildman–Crippen LogP) is 2.36. The molecule has 0 N–H and O–H groups in total. The number of aromatic nitrogens is 3. The maximum absolute atomic E-state index is 14.1. The van der Waals surface area contributed by atoms with E-state index in [2.05, 4.69) is 9.97 Å². The first-order chi connectivity index (χ1) is 12.1. The Bertz CT molecular complexity index is 966. The Morgan fingerprint density at radius 1 is 1.32 bits per heavy atom.